The summed E-state index contributed by atoms with van der Waals surface area (Å²) in [6, 6.07) is 56.3. The molecule has 11 rings (SSSR count). The molecule has 8 aromatic carbocycles. The molecule has 0 amide bonds. The number of aromatic hydroxyl groups is 1. The van der Waals surface area contributed by atoms with Crippen molar-refractivity contribution < 1.29 is 13.9 Å². The maximum Gasteiger partial charge on any atom is 0.159 e. The van der Waals surface area contributed by atoms with Crippen molar-refractivity contribution in [2.45, 2.75) is 71.3 Å². The number of nitrogens with zero attached hydrogens (tertiary/aromatic N) is 4. The van der Waals surface area contributed by atoms with Gasteiger partial charge in [-0.3, -0.25) is 0 Å². The van der Waals surface area contributed by atoms with Gasteiger partial charge in [0.1, 0.15) is 22.5 Å². The van der Waals surface area contributed by atoms with E-state index < -0.39 is 5.54 Å². The summed E-state index contributed by atoms with van der Waals surface area (Å²) in [5.74, 6) is 0.277. The smallest absolute Gasteiger partial charge is 0.159 e. The molecule has 1 unspecified atom stereocenters. The molecule has 342 valence electrons. The number of nitriles is 2. The Morgan fingerprint density at radius 2 is 1.24 bits per heavy atom. The number of hydrogen-bond acceptors (Lipinski definition) is 7. The normalized spacial score (nSPS) is 15.1. The van der Waals surface area contributed by atoms with Crippen LogP contribution < -0.4 is 9.80 Å². The molecule has 1 aliphatic carbocycles. The van der Waals surface area contributed by atoms with E-state index in [1.54, 1.807) is 0 Å². The zero-order valence-corrected chi connectivity index (χ0v) is 40.4. The first-order valence-electron chi connectivity index (χ1n) is 23.8. The number of anilines is 5. The summed E-state index contributed by atoms with van der Waals surface area (Å²) in [5.41, 5.74) is 11.4. The molecule has 70 heavy (non-hydrogen) atoms. The standard InChI is InChI=1S/C63H52N4O3/c1-61(2,3)51-21-11-18-45(58(51)68)41-14-10-15-44(34-41)67(63(7)32-30-40(38-65)31-33-63)54-36-56-57(47-17-9-8-16-46(47)54)50-29-28-43(35-55(50)69-56)66(42-26-24-39(37-64)25-27-42)53-23-13-20-49-48-19-12-22-52(62(4,5)6)59(48)70-60(49)53/h8-32,34-36,68H,33H2,1-7H3. The fraction of sp³-hybridized carbons (Fsp3) is 0.175. The fourth-order valence-corrected chi connectivity index (χ4v) is 10.5. The summed E-state index contributed by atoms with van der Waals surface area (Å²) in [6.45, 7) is 15.2. The average Bonchev–Trinajstić information content (AvgIpc) is 3.93. The molecule has 0 saturated carbocycles. The third-order valence-electron chi connectivity index (χ3n) is 14.0. The summed E-state index contributed by atoms with van der Waals surface area (Å²) in [7, 11) is 0. The van der Waals surface area contributed by atoms with Gasteiger partial charge in [0, 0.05) is 67.1 Å². The molecule has 7 heteroatoms. The molecule has 0 radical (unpaired) electrons. The van der Waals surface area contributed by atoms with Crippen LogP contribution in [0.4, 0.5) is 28.4 Å². The number of phenolic OH excluding ortho intramolecular Hbond substituents is 1. The quantitative estimate of drug-likeness (QED) is 0.170. The van der Waals surface area contributed by atoms with E-state index >= 15 is 0 Å². The number of para-hydroxylation sites is 3. The number of hydrogen-bond donors (Lipinski definition) is 1. The molecule has 7 nitrogen and oxygen atoms in total. The van der Waals surface area contributed by atoms with E-state index in [-0.39, 0.29) is 16.6 Å². The Kier molecular flexibility index (Phi) is 10.3. The van der Waals surface area contributed by atoms with Crippen LogP contribution in [0.3, 0.4) is 0 Å². The summed E-state index contributed by atoms with van der Waals surface area (Å²) in [6.07, 6.45) is 6.63. The highest BCUT2D eigenvalue weighted by atomic mass is 16.3. The predicted molar refractivity (Wildman–Crippen MR) is 287 cm³/mol. The van der Waals surface area contributed by atoms with Crippen molar-refractivity contribution in [1.82, 2.24) is 0 Å². The number of phenols is 1. The Bertz CT molecular complexity index is 3900. The van der Waals surface area contributed by atoms with Gasteiger partial charge >= 0.3 is 0 Å². The molecule has 1 atom stereocenters. The van der Waals surface area contributed by atoms with E-state index in [4.69, 9.17) is 8.83 Å². The molecule has 0 fully saturated rings. The Morgan fingerprint density at radius 1 is 0.571 bits per heavy atom. The van der Waals surface area contributed by atoms with Crippen LogP contribution >= 0.6 is 0 Å². The van der Waals surface area contributed by atoms with Gasteiger partial charge in [-0.15, -0.1) is 0 Å². The lowest BCUT2D eigenvalue weighted by atomic mass is 9.84. The highest BCUT2D eigenvalue weighted by Gasteiger charge is 2.35. The summed E-state index contributed by atoms with van der Waals surface area (Å²) in [4.78, 5) is 4.54. The third-order valence-corrected chi connectivity index (χ3v) is 14.0. The average molecular weight is 913 g/mol. The summed E-state index contributed by atoms with van der Waals surface area (Å²) < 4.78 is 14.0. The number of allylic oxidation sites excluding steroid dienone is 2. The largest absolute Gasteiger partial charge is 0.507 e. The topological polar surface area (TPSA) is 101 Å². The van der Waals surface area contributed by atoms with Gasteiger partial charge in [-0.1, -0.05) is 139 Å². The number of rotatable bonds is 7. The molecule has 2 aromatic heterocycles. The highest BCUT2D eigenvalue weighted by Crippen LogP contribution is 2.50. The van der Waals surface area contributed by atoms with Crippen LogP contribution in [-0.4, -0.2) is 10.6 Å². The molecule has 0 spiro atoms. The number of furan rings is 2. The van der Waals surface area contributed by atoms with E-state index in [2.05, 4.69) is 174 Å². The number of benzene rings is 8. The first kappa shape index (κ1) is 44.0. The highest BCUT2D eigenvalue weighted by molar-refractivity contribution is 6.22. The Labute approximate surface area is 408 Å². The van der Waals surface area contributed by atoms with Crippen LogP contribution in [0.25, 0.3) is 65.8 Å². The van der Waals surface area contributed by atoms with Crippen molar-refractivity contribution in [2.24, 2.45) is 0 Å². The van der Waals surface area contributed by atoms with Crippen LogP contribution in [0.15, 0.2) is 184 Å². The second-order valence-electron chi connectivity index (χ2n) is 20.8. The maximum absolute atomic E-state index is 11.7. The van der Waals surface area contributed by atoms with E-state index in [0.717, 1.165) is 99.8 Å². The van der Waals surface area contributed by atoms with Crippen LogP contribution in [0.1, 0.15) is 71.6 Å². The second-order valence-corrected chi connectivity index (χ2v) is 20.8. The van der Waals surface area contributed by atoms with Crippen LogP contribution in [0.5, 0.6) is 5.75 Å². The molecular weight excluding hydrogens is 861 g/mol. The molecule has 1 N–H and O–H groups in total. The summed E-state index contributed by atoms with van der Waals surface area (Å²) in [5, 5.41) is 37.6. The molecule has 2 heterocycles. The molecular formula is C63H52N4O3. The summed E-state index contributed by atoms with van der Waals surface area (Å²) >= 11 is 0. The monoisotopic (exact) mass is 912 g/mol. The van der Waals surface area contributed by atoms with Crippen molar-refractivity contribution >= 4 is 83.1 Å². The van der Waals surface area contributed by atoms with E-state index in [1.165, 1.54) is 0 Å². The fourth-order valence-electron chi connectivity index (χ4n) is 10.5. The zero-order chi connectivity index (χ0) is 48.7. The van der Waals surface area contributed by atoms with Gasteiger partial charge in [0.2, 0.25) is 0 Å². The van der Waals surface area contributed by atoms with E-state index in [1.807, 2.05) is 66.7 Å². The van der Waals surface area contributed by atoms with E-state index in [0.29, 0.717) is 23.1 Å². The Hall–Kier alpha value is -8.52. The lowest BCUT2D eigenvalue weighted by molar-refractivity contribution is 0.448. The zero-order valence-electron chi connectivity index (χ0n) is 40.4. The Balaban J connectivity index is 1.11. The molecule has 10 aromatic rings. The third kappa shape index (κ3) is 7.25. The minimum absolute atomic E-state index is 0.136. The van der Waals surface area contributed by atoms with Crippen LogP contribution in [0, 0.1) is 22.7 Å². The SMILES string of the molecule is CC(C)(C)c1cccc(-c2cccc(N(c3cc4oc5cc(N(c6ccc(C#N)cc6)c6cccc7c6oc6c(C(C)(C)C)cccc67)ccc5c4c4ccccc34)C3(C)C=CC(C#N)=CC3)c2)c1O. The van der Waals surface area contributed by atoms with E-state index in [9.17, 15) is 15.6 Å². The van der Waals surface area contributed by atoms with Crippen molar-refractivity contribution in [1.29, 1.82) is 10.5 Å². The lowest BCUT2D eigenvalue weighted by Gasteiger charge is -2.42. The maximum atomic E-state index is 11.7. The molecule has 0 saturated heterocycles. The van der Waals surface area contributed by atoms with Gasteiger partial charge < -0.3 is 23.7 Å². The lowest BCUT2D eigenvalue weighted by Crippen LogP contribution is -2.42. The minimum Gasteiger partial charge on any atom is -0.507 e. The molecule has 1 aliphatic rings. The van der Waals surface area contributed by atoms with Crippen LogP contribution in [0.2, 0.25) is 0 Å². The first-order valence-corrected chi connectivity index (χ1v) is 23.8. The van der Waals surface area contributed by atoms with Crippen LogP contribution in [-0.2, 0) is 10.8 Å². The predicted octanol–water partition coefficient (Wildman–Crippen LogP) is 17.3. The van der Waals surface area contributed by atoms with Gasteiger partial charge in [0.25, 0.3) is 0 Å². The van der Waals surface area contributed by atoms with Gasteiger partial charge in [-0.2, -0.15) is 10.5 Å². The van der Waals surface area contributed by atoms with Gasteiger partial charge in [-0.25, -0.2) is 0 Å². The van der Waals surface area contributed by atoms with Gasteiger partial charge in [-0.05, 0) is 101 Å². The van der Waals surface area contributed by atoms with Crippen molar-refractivity contribution in [3.8, 4) is 29.0 Å². The second kappa shape index (κ2) is 16.3. The van der Waals surface area contributed by atoms with Gasteiger partial charge in [0.05, 0.1) is 40.3 Å². The van der Waals surface area contributed by atoms with Crippen molar-refractivity contribution in [3.05, 3.63) is 192 Å². The Morgan fingerprint density at radius 3 is 1.96 bits per heavy atom. The number of fused-ring (bicyclic) bond motifs is 8. The van der Waals surface area contributed by atoms with Gasteiger partial charge in [0.15, 0.2) is 5.58 Å². The first-order chi connectivity index (χ1) is 33.6. The minimum atomic E-state index is -0.600. The molecule has 0 bridgehead atoms. The molecule has 0 aliphatic heterocycles. The van der Waals surface area contributed by atoms with Crippen molar-refractivity contribution in [3.63, 3.8) is 0 Å². The van der Waals surface area contributed by atoms with Crippen molar-refractivity contribution in [2.75, 3.05) is 9.80 Å².